The van der Waals surface area contributed by atoms with Gasteiger partial charge in [-0.15, -0.1) is 0 Å². The Balaban J connectivity index is 1.25. The lowest BCUT2D eigenvalue weighted by Crippen LogP contribution is -2.52. The van der Waals surface area contributed by atoms with Crippen LogP contribution in [0.5, 0.6) is 11.8 Å². The van der Waals surface area contributed by atoms with Crippen LogP contribution in [0.2, 0.25) is 0 Å². The highest BCUT2D eigenvalue weighted by Gasteiger charge is 2.50. The second-order valence-electron chi connectivity index (χ2n) is 7.14. The molecule has 1 aromatic heterocycles. The molecule has 1 aromatic carbocycles. The second-order valence-corrected chi connectivity index (χ2v) is 7.14. The van der Waals surface area contributed by atoms with Gasteiger partial charge in [0.05, 0.1) is 32.5 Å². The molecule has 4 heterocycles. The van der Waals surface area contributed by atoms with E-state index in [1.54, 1.807) is 9.58 Å². The zero-order valence-corrected chi connectivity index (χ0v) is 15.7. The molecule has 11 heteroatoms. The minimum Gasteiger partial charge on any atom is -0.423 e. The third-order valence-corrected chi connectivity index (χ3v) is 5.36. The van der Waals surface area contributed by atoms with Gasteiger partial charge in [0, 0.05) is 13.1 Å². The van der Waals surface area contributed by atoms with E-state index in [9.17, 15) is 4.79 Å². The van der Waals surface area contributed by atoms with Crippen molar-refractivity contribution in [3.63, 3.8) is 0 Å². The number of aromatic nitrogens is 4. The summed E-state index contributed by atoms with van der Waals surface area (Å²) in [5, 5.41) is 14.8. The quantitative estimate of drug-likeness (QED) is 0.773. The van der Waals surface area contributed by atoms with Crippen LogP contribution in [0.1, 0.15) is 6.04 Å². The van der Waals surface area contributed by atoms with Crippen LogP contribution in [0.3, 0.4) is 0 Å². The highest BCUT2D eigenvalue weighted by molar-refractivity contribution is 5.74. The van der Waals surface area contributed by atoms with Crippen molar-refractivity contribution in [3.8, 4) is 11.8 Å². The summed E-state index contributed by atoms with van der Waals surface area (Å²) < 4.78 is 24.6. The maximum atomic E-state index is 12.5. The Morgan fingerprint density at radius 1 is 1.10 bits per heavy atom. The van der Waals surface area contributed by atoms with E-state index in [0.29, 0.717) is 45.3 Å². The van der Waals surface area contributed by atoms with Gasteiger partial charge < -0.3 is 29.2 Å². The number of hydrogen-bond donors (Lipinski definition) is 1. The summed E-state index contributed by atoms with van der Waals surface area (Å²) in [4.78, 5) is 14.2. The Hall–Kier alpha value is -2.76. The van der Waals surface area contributed by atoms with Crippen LogP contribution in [-0.2, 0) is 14.2 Å². The molecule has 3 aliphatic rings. The first-order chi connectivity index (χ1) is 14.3. The van der Waals surface area contributed by atoms with E-state index < -0.39 is 0 Å². The summed E-state index contributed by atoms with van der Waals surface area (Å²) >= 11 is 0. The number of benzene rings is 1. The predicted molar refractivity (Wildman–Crippen MR) is 97.6 cm³/mol. The summed E-state index contributed by atoms with van der Waals surface area (Å²) in [5.74, 6) is 0.641. The van der Waals surface area contributed by atoms with Crippen LogP contribution < -0.4 is 10.1 Å². The largest absolute Gasteiger partial charge is 0.423 e. The standard InChI is InChI=1S/C18H22N6O5/c25-17(23-6-8-26-9-7-23)19-13-10-27-16-14(11-28-15(13)16)24-18(20-21-22-24)29-12-4-2-1-3-5-12/h1-5,13-16H,6-11H2,(H,19,25)/t13-,14+,15-,16+/m0/s1. The molecule has 3 saturated heterocycles. The Bertz CT molecular complexity index is 842. The van der Waals surface area contributed by atoms with E-state index in [1.807, 2.05) is 30.3 Å². The zero-order chi connectivity index (χ0) is 19.6. The Morgan fingerprint density at radius 2 is 1.90 bits per heavy atom. The summed E-state index contributed by atoms with van der Waals surface area (Å²) in [6, 6.07) is 9.00. The van der Waals surface area contributed by atoms with Crippen LogP contribution in [0.15, 0.2) is 30.3 Å². The molecule has 0 bridgehead atoms. The molecule has 11 nitrogen and oxygen atoms in total. The summed E-state index contributed by atoms with van der Waals surface area (Å²) in [6.45, 7) is 3.03. The fourth-order valence-electron chi connectivity index (χ4n) is 3.88. The number of rotatable bonds is 4. The molecule has 0 saturated carbocycles. The third kappa shape index (κ3) is 3.63. The molecule has 154 valence electrons. The third-order valence-electron chi connectivity index (χ3n) is 5.36. The van der Waals surface area contributed by atoms with Gasteiger partial charge >= 0.3 is 12.0 Å². The van der Waals surface area contributed by atoms with E-state index >= 15 is 0 Å². The number of para-hydroxylation sites is 1. The lowest BCUT2D eigenvalue weighted by molar-refractivity contribution is 0.0485. The van der Waals surface area contributed by atoms with E-state index in [2.05, 4.69) is 20.8 Å². The highest BCUT2D eigenvalue weighted by Crippen LogP contribution is 2.36. The van der Waals surface area contributed by atoms with Crippen molar-refractivity contribution in [1.29, 1.82) is 0 Å². The number of tetrazole rings is 1. The number of fused-ring (bicyclic) bond motifs is 1. The van der Waals surface area contributed by atoms with Gasteiger partial charge in [-0.2, -0.15) is 4.68 Å². The molecule has 29 heavy (non-hydrogen) atoms. The summed E-state index contributed by atoms with van der Waals surface area (Å²) in [7, 11) is 0. The Kier molecular flexibility index (Phi) is 5.00. The van der Waals surface area contributed by atoms with Gasteiger partial charge in [-0.25, -0.2) is 4.79 Å². The minimum atomic E-state index is -0.272. The monoisotopic (exact) mass is 402 g/mol. The van der Waals surface area contributed by atoms with E-state index in [0.717, 1.165) is 0 Å². The maximum Gasteiger partial charge on any atom is 0.341 e. The van der Waals surface area contributed by atoms with Crippen LogP contribution in [-0.4, -0.2) is 88.9 Å². The first kappa shape index (κ1) is 18.3. The number of hydrogen-bond acceptors (Lipinski definition) is 8. The number of nitrogens with one attached hydrogen (secondary N) is 1. The average Bonchev–Trinajstić information content (AvgIpc) is 3.47. The molecule has 0 unspecified atom stereocenters. The van der Waals surface area contributed by atoms with Gasteiger partial charge in [0.25, 0.3) is 0 Å². The molecule has 3 aliphatic heterocycles. The molecule has 0 radical (unpaired) electrons. The molecule has 0 aliphatic carbocycles. The molecule has 0 spiro atoms. The topological polar surface area (TPSA) is 113 Å². The molecular weight excluding hydrogens is 380 g/mol. The van der Waals surface area contributed by atoms with Crippen molar-refractivity contribution in [3.05, 3.63) is 30.3 Å². The van der Waals surface area contributed by atoms with Gasteiger partial charge in [0.15, 0.2) is 0 Å². The van der Waals surface area contributed by atoms with Crippen molar-refractivity contribution < 1.29 is 23.7 Å². The fourth-order valence-corrected chi connectivity index (χ4v) is 3.88. The predicted octanol–water partition coefficient (Wildman–Crippen LogP) is 0.214. The number of urea groups is 1. The molecule has 2 aromatic rings. The summed E-state index contributed by atoms with van der Waals surface area (Å²) in [5.41, 5.74) is 0. The molecule has 4 atom stereocenters. The second kappa shape index (κ2) is 7.93. The SMILES string of the molecule is O=C(N[C@H]1CO[C@H]2[C@H]1OC[C@H]2n1nnnc1Oc1ccccc1)N1CCOCC1. The highest BCUT2D eigenvalue weighted by atomic mass is 16.6. The van der Waals surface area contributed by atoms with Crippen molar-refractivity contribution in [2.24, 2.45) is 0 Å². The lowest BCUT2D eigenvalue weighted by atomic mass is 10.1. The van der Waals surface area contributed by atoms with Crippen LogP contribution in [0, 0.1) is 0 Å². The van der Waals surface area contributed by atoms with E-state index in [4.69, 9.17) is 18.9 Å². The zero-order valence-electron chi connectivity index (χ0n) is 15.7. The van der Waals surface area contributed by atoms with Crippen molar-refractivity contribution in [2.75, 3.05) is 39.5 Å². The molecule has 2 amide bonds. The fraction of sp³-hybridized carbons (Fsp3) is 0.556. The number of ether oxygens (including phenoxy) is 4. The van der Waals surface area contributed by atoms with Crippen molar-refractivity contribution in [1.82, 2.24) is 30.4 Å². The number of morpholine rings is 1. The Labute approximate surface area is 166 Å². The first-order valence-electron chi connectivity index (χ1n) is 9.67. The van der Waals surface area contributed by atoms with Gasteiger partial charge in [0.1, 0.15) is 24.0 Å². The van der Waals surface area contributed by atoms with Crippen LogP contribution in [0.4, 0.5) is 4.79 Å². The smallest absolute Gasteiger partial charge is 0.341 e. The molecular formula is C18H22N6O5. The van der Waals surface area contributed by atoms with E-state index in [-0.39, 0.29) is 36.3 Å². The van der Waals surface area contributed by atoms with Gasteiger partial charge in [-0.3, -0.25) is 0 Å². The average molecular weight is 402 g/mol. The number of carbonyl (C=O) groups is 1. The molecule has 3 fully saturated rings. The van der Waals surface area contributed by atoms with Crippen molar-refractivity contribution in [2.45, 2.75) is 24.3 Å². The lowest BCUT2D eigenvalue weighted by Gasteiger charge is -2.29. The molecule has 5 rings (SSSR count). The summed E-state index contributed by atoms with van der Waals surface area (Å²) in [6.07, 6.45) is -0.537. The minimum absolute atomic E-state index is 0.120. The molecule has 1 N–H and O–H groups in total. The van der Waals surface area contributed by atoms with Gasteiger partial charge in [-0.05, 0) is 22.6 Å². The van der Waals surface area contributed by atoms with Crippen LogP contribution >= 0.6 is 0 Å². The first-order valence-corrected chi connectivity index (χ1v) is 9.67. The van der Waals surface area contributed by atoms with E-state index in [1.165, 1.54) is 0 Å². The number of carbonyl (C=O) groups excluding carboxylic acids is 1. The normalized spacial score (nSPS) is 28.9. The number of nitrogens with zero attached hydrogens (tertiary/aromatic N) is 5. The Morgan fingerprint density at radius 3 is 2.72 bits per heavy atom. The van der Waals surface area contributed by atoms with Gasteiger partial charge in [0.2, 0.25) is 0 Å². The maximum absolute atomic E-state index is 12.5. The number of amides is 2. The van der Waals surface area contributed by atoms with Gasteiger partial charge in [-0.1, -0.05) is 23.3 Å². The van der Waals surface area contributed by atoms with Crippen LogP contribution in [0.25, 0.3) is 0 Å². The van der Waals surface area contributed by atoms with Crippen molar-refractivity contribution >= 4 is 6.03 Å².